The van der Waals surface area contributed by atoms with Crippen LogP contribution in [0.2, 0.25) is 0 Å². The number of amides is 2. The molecule has 2 aliphatic rings. The SMILES string of the molecule is NC(CN1C(=O)c2ccncc2C1=O)C1CC1. The highest BCUT2D eigenvalue weighted by Gasteiger charge is 2.39. The van der Waals surface area contributed by atoms with Crippen LogP contribution < -0.4 is 5.73 Å². The van der Waals surface area contributed by atoms with Crippen molar-refractivity contribution in [3.63, 3.8) is 0 Å². The molecule has 0 aromatic carbocycles. The van der Waals surface area contributed by atoms with Gasteiger partial charge in [-0.3, -0.25) is 19.5 Å². The van der Waals surface area contributed by atoms with Gasteiger partial charge in [-0.15, -0.1) is 0 Å². The van der Waals surface area contributed by atoms with Crippen LogP contribution in [0.1, 0.15) is 33.6 Å². The molecule has 3 rings (SSSR count). The van der Waals surface area contributed by atoms with Gasteiger partial charge in [0.05, 0.1) is 11.1 Å². The monoisotopic (exact) mass is 231 g/mol. The lowest BCUT2D eigenvalue weighted by Gasteiger charge is -2.18. The summed E-state index contributed by atoms with van der Waals surface area (Å²) in [6.45, 7) is 0.316. The van der Waals surface area contributed by atoms with Crippen molar-refractivity contribution in [2.75, 3.05) is 6.54 Å². The van der Waals surface area contributed by atoms with Crippen LogP contribution in [0.5, 0.6) is 0 Å². The maximum atomic E-state index is 12.0. The summed E-state index contributed by atoms with van der Waals surface area (Å²) in [6.07, 6.45) is 5.17. The standard InChI is InChI=1S/C12H13N3O2/c13-10(7-1-2-7)6-15-11(16)8-3-4-14-5-9(8)12(15)17/h3-5,7,10H,1-2,6,13H2. The van der Waals surface area contributed by atoms with Gasteiger partial charge in [0.25, 0.3) is 11.8 Å². The maximum absolute atomic E-state index is 12.0. The molecule has 1 unspecified atom stereocenters. The third-order valence-electron chi connectivity index (χ3n) is 3.39. The zero-order valence-corrected chi connectivity index (χ0v) is 9.30. The van der Waals surface area contributed by atoms with Gasteiger partial charge in [-0.2, -0.15) is 0 Å². The molecule has 1 aromatic heterocycles. The number of hydrogen-bond donors (Lipinski definition) is 1. The first-order valence-corrected chi connectivity index (χ1v) is 5.74. The summed E-state index contributed by atoms with van der Waals surface area (Å²) >= 11 is 0. The molecule has 2 heterocycles. The van der Waals surface area contributed by atoms with Crippen molar-refractivity contribution in [1.82, 2.24) is 9.88 Å². The number of nitrogens with two attached hydrogens (primary N) is 1. The highest BCUT2D eigenvalue weighted by Crippen LogP contribution is 2.33. The fourth-order valence-electron chi connectivity index (χ4n) is 2.18. The van der Waals surface area contributed by atoms with E-state index in [9.17, 15) is 9.59 Å². The van der Waals surface area contributed by atoms with Crippen molar-refractivity contribution in [3.05, 3.63) is 29.6 Å². The van der Waals surface area contributed by atoms with Gasteiger partial charge in [-0.25, -0.2) is 0 Å². The minimum atomic E-state index is -0.269. The molecule has 1 fully saturated rings. The van der Waals surface area contributed by atoms with Gasteiger partial charge < -0.3 is 5.73 Å². The number of nitrogens with zero attached hydrogens (tertiary/aromatic N) is 2. The van der Waals surface area contributed by atoms with Gasteiger partial charge in [0, 0.05) is 25.0 Å². The van der Waals surface area contributed by atoms with Gasteiger partial charge in [-0.05, 0) is 24.8 Å². The summed E-state index contributed by atoms with van der Waals surface area (Å²) in [7, 11) is 0. The lowest BCUT2D eigenvalue weighted by atomic mass is 10.2. The van der Waals surface area contributed by atoms with Crippen LogP contribution >= 0.6 is 0 Å². The van der Waals surface area contributed by atoms with Gasteiger partial charge >= 0.3 is 0 Å². The quantitative estimate of drug-likeness (QED) is 0.765. The number of aromatic nitrogens is 1. The van der Waals surface area contributed by atoms with Gasteiger partial charge in [-0.1, -0.05) is 0 Å². The van der Waals surface area contributed by atoms with Crippen LogP contribution in [0, 0.1) is 5.92 Å². The molecule has 5 heteroatoms. The fourth-order valence-corrected chi connectivity index (χ4v) is 2.18. The highest BCUT2D eigenvalue weighted by molar-refractivity contribution is 6.21. The van der Waals surface area contributed by atoms with Gasteiger partial charge in [0.1, 0.15) is 0 Å². The predicted molar refractivity (Wildman–Crippen MR) is 60.3 cm³/mol. The van der Waals surface area contributed by atoms with E-state index in [1.807, 2.05) is 0 Å². The van der Waals surface area contributed by atoms with E-state index in [4.69, 9.17) is 5.73 Å². The van der Waals surface area contributed by atoms with E-state index in [1.54, 1.807) is 6.07 Å². The number of imide groups is 1. The average Bonchev–Trinajstić information content (AvgIpc) is 3.15. The summed E-state index contributed by atoms with van der Waals surface area (Å²) < 4.78 is 0. The molecule has 88 valence electrons. The first kappa shape index (κ1) is 10.4. The van der Waals surface area contributed by atoms with Crippen LogP contribution in [0.15, 0.2) is 18.5 Å². The summed E-state index contributed by atoms with van der Waals surface area (Å²) in [5, 5.41) is 0. The Morgan fingerprint density at radius 1 is 1.35 bits per heavy atom. The number of carbonyl (C=O) groups excluding carboxylic acids is 2. The Labute approximate surface area is 98.6 Å². The molecule has 17 heavy (non-hydrogen) atoms. The van der Waals surface area contributed by atoms with E-state index < -0.39 is 0 Å². The van der Waals surface area contributed by atoms with E-state index in [1.165, 1.54) is 17.3 Å². The molecule has 0 radical (unpaired) electrons. The Morgan fingerprint density at radius 3 is 2.71 bits per heavy atom. The van der Waals surface area contributed by atoms with Crippen molar-refractivity contribution >= 4 is 11.8 Å². The van der Waals surface area contributed by atoms with Gasteiger partial charge in [0.2, 0.25) is 0 Å². The molecule has 0 bridgehead atoms. The third-order valence-corrected chi connectivity index (χ3v) is 3.39. The average molecular weight is 231 g/mol. The second kappa shape index (κ2) is 3.63. The Balaban J connectivity index is 1.84. The van der Waals surface area contributed by atoms with Crippen molar-refractivity contribution in [2.24, 2.45) is 11.7 Å². The van der Waals surface area contributed by atoms with Crippen molar-refractivity contribution < 1.29 is 9.59 Å². The van der Waals surface area contributed by atoms with Crippen LogP contribution in [0.4, 0.5) is 0 Å². The van der Waals surface area contributed by atoms with Crippen LogP contribution in [0.25, 0.3) is 0 Å². The number of hydrogen-bond acceptors (Lipinski definition) is 4. The van der Waals surface area contributed by atoms with E-state index in [0.717, 1.165) is 12.8 Å². The Bertz CT molecular complexity index is 461. The van der Waals surface area contributed by atoms with Crippen molar-refractivity contribution in [2.45, 2.75) is 18.9 Å². The lowest BCUT2D eigenvalue weighted by Crippen LogP contribution is -2.41. The summed E-state index contributed by atoms with van der Waals surface area (Å²) in [4.78, 5) is 29.1. The zero-order chi connectivity index (χ0) is 12.0. The molecule has 1 aliphatic heterocycles. The lowest BCUT2D eigenvalue weighted by molar-refractivity contribution is 0.0641. The Kier molecular flexibility index (Phi) is 2.22. The number of fused-ring (bicyclic) bond motifs is 1. The molecule has 2 N–H and O–H groups in total. The molecule has 5 nitrogen and oxygen atoms in total. The van der Waals surface area contributed by atoms with Crippen molar-refractivity contribution in [3.8, 4) is 0 Å². The third kappa shape index (κ3) is 1.63. The molecular formula is C12H13N3O2. The largest absolute Gasteiger partial charge is 0.326 e. The van der Waals surface area contributed by atoms with Crippen LogP contribution in [0.3, 0.4) is 0 Å². The van der Waals surface area contributed by atoms with Crippen LogP contribution in [-0.4, -0.2) is 34.3 Å². The summed E-state index contributed by atoms with van der Waals surface area (Å²) in [5.41, 5.74) is 6.78. The predicted octanol–water partition coefficient (Wildman–Crippen LogP) is 0.415. The molecule has 1 atom stereocenters. The minimum absolute atomic E-state index is 0.0924. The van der Waals surface area contributed by atoms with E-state index in [-0.39, 0.29) is 17.9 Å². The molecule has 0 spiro atoms. The topological polar surface area (TPSA) is 76.3 Å². The molecule has 1 saturated carbocycles. The maximum Gasteiger partial charge on any atom is 0.263 e. The minimum Gasteiger partial charge on any atom is -0.326 e. The normalized spacial score (nSPS) is 20.6. The Morgan fingerprint density at radius 2 is 2.06 bits per heavy atom. The van der Waals surface area contributed by atoms with Gasteiger partial charge in [0.15, 0.2) is 0 Å². The van der Waals surface area contributed by atoms with Crippen LogP contribution in [-0.2, 0) is 0 Å². The number of carbonyl (C=O) groups is 2. The fraction of sp³-hybridized carbons (Fsp3) is 0.417. The van der Waals surface area contributed by atoms with E-state index in [0.29, 0.717) is 23.6 Å². The number of pyridine rings is 1. The number of rotatable bonds is 3. The molecule has 1 aliphatic carbocycles. The molecule has 2 amide bonds. The first-order valence-electron chi connectivity index (χ1n) is 5.74. The molecule has 0 saturated heterocycles. The second-order valence-electron chi connectivity index (χ2n) is 4.64. The first-order chi connectivity index (χ1) is 8.18. The zero-order valence-electron chi connectivity index (χ0n) is 9.30. The van der Waals surface area contributed by atoms with E-state index >= 15 is 0 Å². The van der Waals surface area contributed by atoms with E-state index in [2.05, 4.69) is 4.98 Å². The smallest absolute Gasteiger partial charge is 0.263 e. The second-order valence-corrected chi connectivity index (χ2v) is 4.64. The van der Waals surface area contributed by atoms with Crippen molar-refractivity contribution in [1.29, 1.82) is 0 Å². The Hall–Kier alpha value is -1.75. The highest BCUT2D eigenvalue weighted by atomic mass is 16.2. The molecule has 1 aromatic rings. The molecular weight excluding hydrogens is 218 g/mol. The summed E-state index contributed by atoms with van der Waals surface area (Å²) in [5.74, 6) is -0.0462. The summed E-state index contributed by atoms with van der Waals surface area (Å²) in [6, 6.07) is 1.49.